The monoisotopic (exact) mass is 343 g/mol. The number of hydrogen-bond acceptors (Lipinski definition) is 5. The van der Waals surface area contributed by atoms with Crippen molar-refractivity contribution in [3.63, 3.8) is 0 Å². The van der Waals surface area contributed by atoms with Crippen LogP contribution in [0.3, 0.4) is 0 Å². The molecule has 7 nitrogen and oxygen atoms in total. The summed E-state index contributed by atoms with van der Waals surface area (Å²) in [5.41, 5.74) is 2.77. The average Bonchev–Trinajstić information content (AvgIpc) is 3.28. The molecule has 0 aliphatic carbocycles. The van der Waals surface area contributed by atoms with Gasteiger partial charge in [0.15, 0.2) is 22.9 Å². The van der Waals surface area contributed by atoms with E-state index in [1.165, 1.54) is 5.39 Å². The first-order valence-corrected chi connectivity index (χ1v) is 8.60. The molecule has 7 heteroatoms. The van der Waals surface area contributed by atoms with E-state index in [1.54, 1.807) is 4.52 Å². The number of fused-ring (bicyclic) bond motifs is 4. The summed E-state index contributed by atoms with van der Waals surface area (Å²) in [5, 5.41) is 11.4. The summed E-state index contributed by atoms with van der Waals surface area (Å²) >= 11 is 0. The van der Waals surface area contributed by atoms with E-state index >= 15 is 0 Å². The van der Waals surface area contributed by atoms with Gasteiger partial charge in [-0.05, 0) is 25.3 Å². The van der Waals surface area contributed by atoms with Gasteiger partial charge in [0.05, 0.1) is 0 Å². The van der Waals surface area contributed by atoms with Crippen LogP contribution in [0.15, 0.2) is 42.7 Å². The van der Waals surface area contributed by atoms with Crippen molar-refractivity contribution < 1.29 is 0 Å². The lowest BCUT2D eigenvalue weighted by Gasteiger charge is -1.97. The highest BCUT2D eigenvalue weighted by Gasteiger charge is 2.11. The number of aryl methyl sites for hydroxylation is 4. The summed E-state index contributed by atoms with van der Waals surface area (Å²) in [6, 6.07) is 10.3. The normalized spacial score (nSPS) is 11.8. The number of aromatic nitrogens is 7. The van der Waals surface area contributed by atoms with E-state index < -0.39 is 0 Å². The minimum atomic E-state index is 0.690. The molecule has 128 valence electrons. The third-order valence-corrected chi connectivity index (χ3v) is 4.60. The molecule has 4 aromatic heterocycles. The second kappa shape index (κ2) is 5.59. The fourth-order valence-corrected chi connectivity index (χ4v) is 3.23. The van der Waals surface area contributed by atoms with Crippen LogP contribution in [0, 0.1) is 13.8 Å². The Morgan fingerprint density at radius 2 is 1.65 bits per heavy atom. The van der Waals surface area contributed by atoms with Crippen LogP contribution in [0.1, 0.15) is 23.0 Å². The van der Waals surface area contributed by atoms with E-state index in [-0.39, 0.29) is 0 Å². The highest BCUT2D eigenvalue weighted by molar-refractivity contribution is 5.93. The largest absolute Gasteiger partial charge is 0.241 e. The van der Waals surface area contributed by atoms with Crippen molar-refractivity contribution in [1.82, 2.24) is 34.2 Å². The highest BCUT2D eigenvalue weighted by atomic mass is 15.3. The van der Waals surface area contributed by atoms with Crippen molar-refractivity contribution in [2.45, 2.75) is 26.7 Å². The Labute approximate surface area is 149 Å². The van der Waals surface area contributed by atoms with Gasteiger partial charge in [-0.15, -0.1) is 5.10 Å². The molecular formula is C19H17N7. The second-order valence-electron chi connectivity index (χ2n) is 6.45. The quantitative estimate of drug-likeness (QED) is 0.504. The molecule has 0 saturated heterocycles. The molecule has 0 bridgehead atoms. The summed E-state index contributed by atoms with van der Waals surface area (Å²) in [6.07, 6.45) is 5.17. The molecule has 0 N–H and O–H groups in total. The molecule has 0 fully saturated rings. The van der Waals surface area contributed by atoms with Gasteiger partial charge in [0, 0.05) is 36.2 Å². The molecule has 0 radical (unpaired) electrons. The molecule has 0 spiro atoms. The molecule has 5 aromatic rings. The number of nitrogens with zero attached hydrogens (tertiary/aromatic N) is 7. The van der Waals surface area contributed by atoms with Gasteiger partial charge < -0.3 is 0 Å². The van der Waals surface area contributed by atoms with Crippen molar-refractivity contribution in [2.75, 3.05) is 0 Å². The van der Waals surface area contributed by atoms with Gasteiger partial charge in [-0.3, -0.25) is 0 Å². The SMILES string of the molecule is Cc1cnc(C)n2nc(CCc3nc4c5ccccc5ccn4n3)nc12. The Balaban J connectivity index is 1.47. The average molecular weight is 343 g/mol. The van der Waals surface area contributed by atoms with Crippen LogP contribution in [0.25, 0.3) is 22.1 Å². The van der Waals surface area contributed by atoms with E-state index in [0.29, 0.717) is 12.8 Å². The van der Waals surface area contributed by atoms with E-state index in [4.69, 9.17) is 4.98 Å². The molecule has 0 saturated carbocycles. The van der Waals surface area contributed by atoms with Gasteiger partial charge in [0.2, 0.25) is 0 Å². The molecule has 5 rings (SSSR count). The third kappa shape index (κ3) is 2.32. The summed E-state index contributed by atoms with van der Waals surface area (Å²) in [7, 11) is 0. The molecule has 4 heterocycles. The molecule has 0 atom stereocenters. The Morgan fingerprint density at radius 3 is 2.50 bits per heavy atom. The van der Waals surface area contributed by atoms with Crippen molar-refractivity contribution >= 4 is 22.1 Å². The second-order valence-corrected chi connectivity index (χ2v) is 6.45. The fraction of sp³-hybridized carbons (Fsp3) is 0.211. The van der Waals surface area contributed by atoms with Crippen LogP contribution >= 0.6 is 0 Å². The van der Waals surface area contributed by atoms with E-state index in [0.717, 1.165) is 39.7 Å². The number of pyridine rings is 1. The molecule has 0 aliphatic heterocycles. The molecular weight excluding hydrogens is 326 g/mol. The standard InChI is InChI=1S/C19H17N7/c1-12-11-20-13(2)26-18(12)21-17(24-26)8-7-16-22-19-15-6-4-3-5-14(15)9-10-25(19)23-16/h3-6,9-11H,7-8H2,1-2H3. The minimum absolute atomic E-state index is 0.690. The lowest BCUT2D eigenvalue weighted by atomic mass is 10.2. The molecule has 0 aliphatic rings. The van der Waals surface area contributed by atoms with Crippen LogP contribution < -0.4 is 0 Å². The summed E-state index contributed by atoms with van der Waals surface area (Å²) in [6.45, 7) is 3.93. The highest BCUT2D eigenvalue weighted by Crippen LogP contribution is 2.18. The first-order valence-electron chi connectivity index (χ1n) is 8.60. The Morgan fingerprint density at radius 1 is 0.885 bits per heavy atom. The molecule has 0 amide bonds. The first kappa shape index (κ1) is 14.9. The van der Waals surface area contributed by atoms with E-state index in [9.17, 15) is 0 Å². The van der Waals surface area contributed by atoms with Gasteiger partial charge in [-0.2, -0.15) is 9.61 Å². The van der Waals surface area contributed by atoms with Gasteiger partial charge in [-0.1, -0.05) is 24.3 Å². The first-order chi connectivity index (χ1) is 12.7. The van der Waals surface area contributed by atoms with Crippen LogP contribution in [0.5, 0.6) is 0 Å². The van der Waals surface area contributed by atoms with E-state index in [2.05, 4.69) is 38.4 Å². The fourth-order valence-electron chi connectivity index (χ4n) is 3.23. The van der Waals surface area contributed by atoms with Crippen molar-refractivity contribution in [3.05, 3.63) is 65.8 Å². The lowest BCUT2D eigenvalue weighted by Crippen LogP contribution is -1.99. The van der Waals surface area contributed by atoms with Crippen LogP contribution in [-0.2, 0) is 12.8 Å². The zero-order valence-corrected chi connectivity index (χ0v) is 14.6. The predicted molar refractivity (Wildman–Crippen MR) is 98.2 cm³/mol. The lowest BCUT2D eigenvalue weighted by molar-refractivity contribution is 0.774. The van der Waals surface area contributed by atoms with Gasteiger partial charge >= 0.3 is 0 Å². The van der Waals surface area contributed by atoms with Crippen molar-refractivity contribution in [2.24, 2.45) is 0 Å². The van der Waals surface area contributed by atoms with Crippen LogP contribution in [0.2, 0.25) is 0 Å². The zero-order valence-electron chi connectivity index (χ0n) is 14.6. The van der Waals surface area contributed by atoms with Crippen LogP contribution in [0.4, 0.5) is 0 Å². The van der Waals surface area contributed by atoms with Gasteiger partial charge in [0.1, 0.15) is 5.82 Å². The maximum atomic E-state index is 4.72. The Bertz CT molecular complexity index is 1230. The van der Waals surface area contributed by atoms with Gasteiger partial charge in [-0.25, -0.2) is 19.5 Å². The topological polar surface area (TPSA) is 73.3 Å². The van der Waals surface area contributed by atoms with Gasteiger partial charge in [0.25, 0.3) is 0 Å². The summed E-state index contributed by atoms with van der Waals surface area (Å²) in [5.74, 6) is 2.42. The molecule has 26 heavy (non-hydrogen) atoms. The summed E-state index contributed by atoms with van der Waals surface area (Å²) in [4.78, 5) is 13.7. The number of hydrogen-bond donors (Lipinski definition) is 0. The molecule has 0 unspecified atom stereocenters. The number of benzene rings is 1. The maximum absolute atomic E-state index is 4.72. The predicted octanol–water partition coefficient (Wildman–Crippen LogP) is 2.72. The zero-order chi connectivity index (χ0) is 17.7. The van der Waals surface area contributed by atoms with E-state index in [1.807, 2.05) is 42.9 Å². The maximum Gasteiger partial charge on any atom is 0.163 e. The number of rotatable bonds is 3. The van der Waals surface area contributed by atoms with Crippen molar-refractivity contribution in [3.8, 4) is 0 Å². The third-order valence-electron chi connectivity index (χ3n) is 4.60. The van der Waals surface area contributed by atoms with Crippen molar-refractivity contribution in [1.29, 1.82) is 0 Å². The smallest absolute Gasteiger partial charge is 0.163 e. The Kier molecular flexibility index (Phi) is 3.21. The summed E-state index contributed by atoms with van der Waals surface area (Å²) < 4.78 is 3.64. The molecule has 1 aromatic carbocycles. The minimum Gasteiger partial charge on any atom is -0.241 e. The van der Waals surface area contributed by atoms with Crippen LogP contribution in [-0.4, -0.2) is 34.2 Å². The Hall–Kier alpha value is -3.35.